The number of hydrogen-bond donors (Lipinski definition) is 2. The molecule has 0 saturated carbocycles. The van der Waals surface area contributed by atoms with Crippen LogP contribution in [0.3, 0.4) is 0 Å². The molecule has 1 aromatic rings. The Bertz CT molecular complexity index is 464. The van der Waals surface area contributed by atoms with Crippen LogP contribution in [0.25, 0.3) is 0 Å². The molecule has 1 saturated heterocycles. The summed E-state index contributed by atoms with van der Waals surface area (Å²) in [6.07, 6.45) is 1.41. The fraction of sp³-hybridized carbons (Fsp3) is 0.714. The van der Waals surface area contributed by atoms with E-state index in [-0.39, 0.29) is 24.0 Å². The Morgan fingerprint density at radius 1 is 1.60 bits per heavy atom. The van der Waals surface area contributed by atoms with Gasteiger partial charge in [0.15, 0.2) is 0 Å². The van der Waals surface area contributed by atoms with Crippen LogP contribution in [0.1, 0.15) is 39.3 Å². The molecule has 0 unspecified atom stereocenters. The Kier molecular flexibility index (Phi) is 4.45. The zero-order valence-corrected chi connectivity index (χ0v) is 12.3. The molecule has 0 spiro atoms. The number of aromatic nitrogens is 1. The fourth-order valence-electron chi connectivity index (χ4n) is 2.24. The molecule has 0 aromatic carbocycles. The lowest BCUT2D eigenvalue weighted by atomic mass is 9.92. The number of aliphatic hydroxyl groups excluding tert-OH is 1. The molecule has 0 bridgehead atoms. The van der Waals surface area contributed by atoms with Crippen molar-refractivity contribution in [2.45, 2.75) is 45.1 Å². The first-order valence-electron chi connectivity index (χ1n) is 7.02. The van der Waals surface area contributed by atoms with E-state index in [4.69, 9.17) is 4.52 Å². The summed E-state index contributed by atoms with van der Waals surface area (Å²) in [5.74, 6) is 0.230. The first-order chi connectivity index (χ1) is 9.34. The Morgan fingerprint density at radius 2 is 2.35 bits per heavy atom. The molecular weight excluding hydrogens is 258 g/mol. The van der Waals surface area contributed by atoms with Crippen molar-refractivity contribution < 1.29 is 14.4 Å². The highest BCUT2D eigenvalue weighted by atomic mass is 16.5. The number of amides is 1. The molecule has 1 aliphatic rings. The van der Waals surface area contributed by atoms with Crippen LogP contribution in [0.5, 0.6) is 0 Å². The predicted molar refractivity (Wildman–Crippen MR) is 75.5 cm³/mol. The van der Waals surface area contributed by atoms with Gasteiger partial charge in [-0.3, -0.25) is 15.0 Å². The summed E-state index contributed by atoms with van der Waals surface area (Å²) in [7, 11) is 0. The Hall–Kier alpha value is -1.40. The van der Waals surface area contributed by atoms with Gasteiger partial charge in [-0.1, -0.05) is 25.9 Å². The number of nitrogens with one attached hydrogen (secondary N) is 1. The van der Waals surface area contributed by atoms with E-state index in [1.807, 2.05) is 25.7 Å². The maximum atomic E-state index is 11.9. The standard InChI is InChI=1S/C14H23N3O3/c1-14(2,3)11-7-13(20-16-11)15-12(19)9-17-6-4-5-10(18)8-17/h7,10,18H,4-6,8-9H2,1-3H3,(H,15,19)/t10-/m0/s1. The van der Waals surface area contributed by atoms with E-state index in [2.05, 4.69) is 10.5 Å². The topological polar surface area (TPSA) is 78.6 Å². The summed E-state index contributed by atoms with van der Waals surface area (Å²) in [6, 6.07) is 1.75. The van der Waals surface area contributed by atoms with Gasteiger partial charge in [0.1, 0.15) is 0 Å². The third-order valence-corrected chi connectivity index (χ3v) is 3.39. The third kappa shape index (κ3) is 4.05. The minimum absolute atomic E-state index is 0.108. The molecule has 20 heavy (non-hydrogen) atoms. The van der Waals surface area contributed by atoms with Gasteiger partial charge in [-0.05, 0) is 19.4 Å². The zero-order chi connectivity index (χ0) is 14.8. The van der Waals surface area contributed by atoms with E-state index in [0.29, 0.717) is 12.4 Å². The lowest BCUT2D eigenvalue weighted by Crippen LogP contribution is -2.42. The number of carbonyl (C=O) groups excluding carboxylic acids is 1. The molecule has 1 fully saturated rings. The largest absolute Gasteiger partial charge is 0.392 e. The van der Waals surface area contributed by atoms with Gasteiger partial charge in [0.05, 0.1) is 18.3 Å². The minimum Gasteiger partial charge on any atom is -0.392 e. The number of hydrogen-bond acceptors (Lipinski definition) is 5. The normalized spacial score (nSPS) is 20.9. The average molecular weight is 281 g/mol. The third-order valence-electron chi connectivity index (χ3n) is 3.39. The molecule has 112 valence electrons. The number of piperidine rings is 1. The van der Waals surface area contributed by atoms with E-state index < -0.39 is 0 Å². The van der Waals surface area contributed by atoms with Crippen molar-refractivity contribution in [3.63, 3.8) is 0 Å². The zero-order valence-electron chi connectivity index (χ0n) is 12.3. The molecule has 1 aliphatic heterocycles. The van der Waals surface area contributed by atoms with E-state index in [9.17, 15) is 9.90 Å². The smallest absolute Gasteiger partial charge is 0.240 e. The van der Waals surface area contributed by atoms with Crippen LogP contribution in [-0.2, 0) is 10.2 Å². The van der Waals surface area contributed by atoms with Gasteiger partial charge in [0.2, 0.25) is 11.8 Å². The number of likely N-dealkylation sites (tertiary alicyclic amines) is 1. The van der Waals surface area contributed by atoms with Crippen molar-refractivity contribution in [3.8, 4) is 0 Å². The summed E-state index contributed by atoms with van der Waals surface area (Å²) in [5.41, 5.74) is 0.699. The van der Waals surface area contributed by atoms with E-state index in [1.54, 1.807) is 6.07 Å². The maximum Gasteiger partial charge on any atom is 0.240 e. The van der Waals surface area contributed by atoms with Gasteiger partial charge in [-0.2, -0.15) is 0 Å². The second kappa shape index (κ2) is 5.93. The Labute approximate surface area is 119 Å². The SMILES string of the molecule is CC(C)(C)c1cc(NC(=O)CN2CCC[C@H](O)C2)on1. The highest BCUT2D eigenvalue weighted by Crippen LogP contribution is 2.23. The molecule has 2 N–H and O–H groups in total. The second-order valence-corrected chi connectivity index (χ2v) is 6.41. The van der Waals surface area contributed by atoms with Crippen molar-refractivity contribution in [2.24, 2.45) is 0 Å². The van der Waals surface area contributed by atoms with Crippen molar-refractivity contribution in [2.75, 3.05) is 25.0 Å². The van der Waals surface area contributed by atoms with Crippen LogP contribution in [0.2, 0.25) is 0 Å². The molecule has 1 aromatic heterocycles. The fourth-order valence-corrected chi connectivity index (χ4v) is 2.24. The summed E-state index contributed by atoms with van der Waals surface area (Å²) >= 11 is 0. The van der Waals surface area contributed by atoms with E-state index in [1.165, 1.54) is 0 Å². The van der Waals surface area contributed by atoms with Gasteiger partial charge < -0.3 is 9.63 Å². The van der Waals surface area contributed by atoms with E-state index >= 15 is 0 Å². The van der Waals surface area contributed by atoms with Crippen LogP contribution < -0.4 is 5.32 Å². The van der Waals surface area contributed by atoms with Crippen LogP contribution in [0.4, 0.5) is 5.88 Å². The van der Waals surface area contributed by atoms with Crippen LogP contribution in [0, 0.1) is 0 Å². The van der Waals surface area contributed by atoms with Crippen LogP contribution in [0.15, 0.2) is 10.6 Å². The first-order valence-corrected chi connectivity index (χ1v) is 7.02. The van der Waals surface area contributed by atoms with Crippen molar-refractivity contribution >= 4 is 11.8 Å². The van der Waals surface area contributed by atoms with Crippen molar-refractivity contribution in [1.82, 2.24) is 10.1 Å². The van der Waals surface area contributed by atoms with E-state index in [0.717, 1.165) is 25.1 Å². The molecule has 2 heterocycles. The average Bonchev–Trinajstić information content (AvgIpc) is 2.76. The lowest BCUT2D eigenvalue weighted by Gasteiger charge is -2.29. The first kappa shape index (κ1) is 15.0. The highest BCUT2D eigenvalue weighted by Gasteiger charge is 2.22. The van der Waals surface area contributed by atoms with Gasteiger partial charge in [-0.15, -0.1) is 0 Å². The number of rotatable bonds is 3. The molecule has 0 aliphatic carbocycles. The van der Waals surface area contributed by atoms with Crippen molar-refractivity contribution in [1.29, 1.82) is 0 Å². The molecule has 1 atom stereocenters. The van der Waals surface area contributed by atoms with Gasteiger partial charge >= 0.3 is 0 Å². The summed E-state index contributed by atoms with van der Waals surface area (Å²) < 4.78 is 5.12. The number of anilines is 1. The number of aliphatic hydroxyl groups is 1. The summed E-state index contributed by atoms with van der Waals surface area (Å²) in [6.45, 7) is 7.76. The van der Waals surface area contributed by atoms with Gasteiger partial charge in [-0.25, -0.2) is 0 Å². The summed E-state index contributed by atoms with van der Waals surface area (Å²) in [4.78, 5) is 13.9. The van der Waals surface area contributed by atoms with Gasteiger partial charge in [0.25, 0.3) is 0 Å². The molecule has 6 heteroatoms. The number of carbonyl (C=O) groups is 1. The van der Waals surface area contributed by atoms with Crippen LogP contribution in [-0.4, -0.2) is 46.8 Å². The number of β-amino-alcohol motifs (C(OH)–C–C–N with tert-alkyl or cyclic N) is 1. The summed E-state index contributed by atoms with van der Waals surface area (Å²) in [5, 5.41) is 16.2. The van der Waals surface area contributed by atoms with Crippen LogP contribution >= 0.6 is 0 Å². The van der Waals surface area contributed by atoms with Gasteiger partial charge in [0, 0.05) is 18.0 Å². The highest BCUT2D eigenvalue weighted by molar-refractivity contribution is 5.91. The quantitative estimate of drug-likeness (QED) is 0.875. The minimum atomic E-state index is -0.325. The van der Waals surface area contributed by atoms with Crippen molar-refractivity contribution in [3.05, 3.63) is 11.8 Å². The predicted octanol–water partition coefficient (Wildman–Crippen LogP) is 1.37. The second-order valence-electron chi connectivity index (χ2n) is 6.41. The molecule has 0 radical (unpaired) electrons. The molecule has 6 nitrogen and oxygen atoms in total. The Balaban J connectivity index is 1.86. The molecule has 1 amide bonds. The lowest BCUT2D eigenvalue weighted by molar-refractivity contribution is -0.118. The maximum absolute atomic E-state index is 11.9. The molecular formula is C14H23N3O3. The number of nitrogens with zero attached hydrogens (tertiary/aromatic N) is 2. The monoisotopic (exact) mass is 281 g/mol. The molecule has 2 rings (SSSR count). The Morgan fingerprint density at radius 3 is 2.95 bits per heavy atom.